The molecule has 8 atom stereocenters. The Balaban J connectivity index is 1.28. The predicted molar refractivity (Wildman–Crippen MR) is 253 cm³/mol. The molecular weight excluding hydrogens is 837 g/mol. The minimum atomic E-state index is -1.00. The zero-order valence-electron chi connectivity index (χ0n) is 40.4. The number of amides is 6. The lowest BCUT2D eigenvalue weighted by atomic mass is 9.78. The van der Waals surface area contributed by atoms with Crippen molar-refractivity contribution in [1.82, 2.24) is 14.9 Å². The second kappa shape index (κ2) is 18.3. The number of methoxy groups -OCH3 is 2. The molecule has 3 fully saturated rings. The third kappa shape index (κ3) is 8.01. The van der Waals surface area contributed by atoms with E-state index in [1.807, 2.05) is 82.0 Å². The third-order valence-electron chi connectivity index (χ3n) is 15.0. The van der Waals surface area contributed by atoms with Crippen LogP contribution in [0, 0.1) is 11.8 Å². The molecule has 6 amide bonds. The van der Waals surface area contributed by atoms with Crippen LogP contribution in [0.5, 0.6) is 0 Å². The van der Waals surface area contributed by atoms with E-state index >= 15 is 0 Å². The molecule has 3 aliphatic rings. The number of urea groups is 1. The highest BCUT2D eigenvalue weighted by atomic mass is 16.6. The first kappa shape index (κ1) is 48.5. The Morgan fingerprint density at radius 3 is 1.92 bits per heavy atom. The molecule has 66 heavy (non-hydrogen) atoms. The van der Waals surface area contributed by atoms with Crippen LogP contribution in [0.25, 0.3) is 11.0 Å². The van der Waals surface area contributed by atoms with Gasteiger partial charge in [-0.1, -0.05) is 90.9 Å². The number of carbonyl (C=O) groups excluding carboxylic acids is 5. The number of hydrogen-bond donors (Lipinski definition) is 4. The molecule has 0 saturated carbocycles. The summed E-state index contributed by atoms with van der Waals surface area (Å²) in [6, 6.07) is 18.5. The van der Waals surface area contributed by atoms with E-state index < -0.39 is 58.3 Å². The molecule has 15 heteroatoms. The second-order valence-electron chi connectivity index (χ2n) is 20.5. The Hall–Kier alpha value is -5.48. The number of fused-ring (bicyclic) bond motifs is 1. The van der Waals surface area contributed by atoms with Crippen LogP contribution in [-0.4, -0.2) is 99.3 Å². The Morgan fingerprint density at radius 1 is 0.803 bits per heavy atom. The van der Waals surface area contributed by atoms with Crippen molar-refractivity contribution in [3.63, 3.8) is 0 Å². The number of aromatic amines is 1. The highest BCUT2D eigenvalue weighted by Crippen LogP contribution is 2.53. The van der Waals surface area contributed by atoms with E-state index in [1.165, 1.54) is 14.2 Å². The van der Waals surface area contributed by atoms with Gasteiger partial charge in [-0.2, -0.15) is 9.28 Å². The number of benzene rings is 3. The summed E-state index contributed by atoms with van der Waals surface area (Å²) in [5.74, 6) is -0.484. The third-order valence-corrected chi connectivity index (χ3v) is 15.0. The summed E-state index contributed by atoms with van der Waals surface area (Å²) in [5, 5.41) is 3.06. The van der Waals surface area contributed by atoms with E-state index in [1.54, 1.807) is 0 Å². The van der Waals surface area contributed by atoms with Gasteiger partial charge in [0.15, 0.2) is 11.9 Å². The number of hydrogen-bond acceptors (Lipinski definition) is 10. The standard InChI is InChI=1S/C51H69N8O7/c1-30(2)42(52)45(60)58(27-11-13-32(58)5)47(62)54-37-22-20-36(21-23-37)51(35-18-16-34(17-19-35)50(6,7)8)26-25-40(57(51)48(63)65-9)33-15-24-38-39(29-33)56-44(55-38)41-14-12-28-59(41,49(64)66-10)46(61)43(53)31(3)4/h15-24,29-32,40-43H,11-14,25-28,52-53H2,1-10H3,(H-,54,55,56,62)/q+1/p+1/t32-,40+,41+,42+,43+,51+,58?,59?/m1/s1. The van der Waals surface area contributed by atoms with Crippen LogP contribution in [0.4, 0.5) is 20.1 Å². The Morgan fingerprint density at radius 2 is 1.38 bits per heavy atom. The van der Waals surface area contributed by atoms with Crippen molar-refractivity contribution in [3.8, 4) is 0 Å². The van der Waals surface area contributed by atoms with Crippen molar-refractivity contribution in [2.45, 2.75) is 135 Å². The van der Waals surface area contributed by atoms with Gasteiger partial charge in [0, 0.05) is 31.4 Å². The number of nitrogens with two attached hydrogens (primary N) is 2. The summed E-state index contributed by atoms with van der Waals surface area (Å²) in [6.45, 7) is 16.6. The summed E-state index contributed by atoms with van der Waals surface area (Å²) in [7, 11) is 2.68. The first-order valence-electron chi connectivity index (χ1n) is 23.5. The molecule has 0 bridgehead atoms. The summed E-state index contributed by atoms with van der Waals surface area (Å²) >= 11 is 0. The zero-order valence-corrected chi connectivity index (χ0v) is 40.4. The van der Waals surface area contributed by atoms with Gasteiger partial charge in [0.25, 0.3) is 0 Å². The number of quaternary nitrogens is 2. The van der Waals surface area contributed by atoms with Gasteiger partial charge < -0.3 is 25.9 Å². The van der Waals surface area contributed by atoms with Crippen molar-refractivity contribution in [1.29, 1.82) is 0 Å². The minimum Gasteiger partial charge on any atom is -0.453 e. The lowest BCUT2D eigenvalue weighted by Gasteiger charge is -2.41. The van der Waals surface area contributed by atoms with E-state index in [0.717, 1.165) is 35.1 Å². The molecule has 15 nitrogen and oxygen atoms in total. The predicted octanol–water partition coefficient (Wildman–Crippen LogP) is 8.68. The van der Waals surface area contributed by atoms with E-state index in [-0.39, 0.29) is 40.2 Å². The monoisotopic (exact) mass is 907 g/mol. The molecule has 3 aliphatic heterocycles. The molecule has 0 spiro atoms. The van der Waals surface area contributed by atoms with Gasteiger partial charge in [-0.3, -0.25) is 10.2 Å². The molecule has 3 aromatic carbocycles. The summed E-state index contributed by atoms with van der Waals surface area (Å²) < 4.78 is 9.98. The van der Waals surface area contributed by atoms with E-state index in [9.17, 15) is 24.0 Å². The fourth-order valence-electron chi connectivity index (χ4n) is 10.9. The average molecular weight is 907 g/mol. The largest absolute Gasteiger partial charge is 0.523 e. The highest BCUT2D eigenvalue weighted by Gasteiger charge is 2.60. The summed E-state index contributed by atoms with van der Waals surface area (Å²) in [4.78, 5) is 80.4. The number of rotatable bonds is 9. The molecule has 0 radical (unpaired) electrons. The van der Waals surface area contributed by atoms with Crippen molar-refractivity contribution in [2.24, 2.45) is 23.3 Å². The number of imidazole rings is 1. The average Bonchev–Trinajstić information content (AvgIpc) is 4.11. The molecular formula is C51H70N8O7+2. The van der Waals surface area contributed by atoms with Gasteiger partial charge in [0.1, 0.15) is 18.1 Å². The SMILES string of the molecule is COC(=O)N1[C@H](c2ccc3nc([C@@H]4CCC[N+]4(C(=O)OC)C(=O)[C@@H](N)C(C)C)[nH]c3c2)CC[C@@]1(c1ccc(NC(=O)[N+]2(C(=O)[C@@H](N)C(C)C)CCC[C@H]2C)cc1)c1ccc(C(C)(C)C)cc1. The van der Waals surface area contributed by atoms with Gasteiger partial charge in [-0.15, -0.1) is 4.48 Å². The zero-order chi connectivity index (χ0) is 48.1. The van der Waals surface area contributed by atoms with Crippen molar-refractivity contribution in [3.05, 3.63) is 94.8 Å². The smallest absolute Gasteiger partial charge is 0.453 e. The Labute approximate surface area is 388 Å². The number of likely N-dealkylation sites (tertiary alicyclic amines) is 3. The molecule has 2 unspecified atom stereocenters. The number of nitrogens with one attached hydrogen (secondary N) is 2. The second-order valence-corrected chi connectivity index (χ2v) is 20.5. The number of anilines is 1. The number of H-pyrrole nitrogens is 1. The number of aromatic nitrogens is 2. The minimum absolute atomic E-state index is 0.112. The van der Waals surface area contributed by atoms with Crippen molar-refractivity contribution >= 4 is 46.8 Å². The number of nitrogens with zero attached hydrogens (tertiary/aromatic N) is 4. The van der Waals surface area contributed by atoms with Crippen molar-refractivity contribution < 1.29 is 42.4 Å². The lowest BCUT2D eigenvalue weighted by molar-refractivity contribution is -0.802. The maximum absolute atomic E-state index is 14.4. The van der Waals surface area contributed by atoms with Crippen LogP contribution < -0.4 is 16.8 Å². The van der Waals surface area contributed by atoms with Crippen LogP contribution in [0.15, 0.2) is 66.7 Å². The first-order chi connectivity index (χ1) is 31.2. The van der Waals surface area contributed by atoms with Crippen LogP contribution in [0.1, 0.15) is 134 Å². The number of ether oxygens (including phenoxy) is 2. The van der Waals surface area contributed by atoms with E-state index in [4.69, 9.17) is 25.9 Å². The van der Waals surface area contributed by atoms with Gasteiger partial charge in [0.05, 0.1) is 49.9 Å². The maximum Gasteiger partial charge on any atom is 0.523 e. The van der Waals surface area contributed by atoms with Crippen LogP contribution in [0.2, 0.25) is 0 Å². The van der Waals surface area contributed by atoms with Crippen molar-refractivity contribution in [2.75, 3.05) is 32.6 Å². The summed E-state index contributed by atoms with van der Waals surface area (Å²) in [5.41, 5.74) is 17.3. The Kier molecular flexibility index (Phi) is 13.4. The fourth-order valence-corrected chi connectivity index (χ4v) is 10.9. The summed E-state index contributed by atoms with van der Waals surface area (Å²) in [6.07, 6.45) is 2.55. The lowest BCUT2D eigenvalue weighted by Crippen LogP contribution is -2.65. The van der Waals surface area contributed by atoms with Gasteiger partial charge >= 0.3 is 30.0 Å². The quantitative estimate of drug-likeness (QED) is 0.118. The molecule has 354 valence electrons. The van der Waals surface area contributed by atoms with Gasteiger partial charge in [-0.25, -0.2) is 24.2 Å². The number of carbonyl (C=O) groups is 5. The Bertz CT molecular complexity index is 2480. The normalized spacial score (nSPS) is 26.5. The highest BCUT2D eigenvalue weighted by molar-refractivity contribution is 5.94. The van der Waals surface area contributed by atoms with E-state index in [0.29, 0.717) is 54.8 Å². The fraction of sp³-hybridized carbons (Fsp3) is 0.529. The van der Waals surface area contributed by atoms with Crippen LogP contribution in [-0.2, 0) is 30.0 Å². The van der Waals surface area contributed by atoms with Crippen LogP contribution in [0.3, 0.4) is 0 Å². The first-order valence-corrected chi connectivity index (χ1v) is 23.5. The topological polar surface area (TPSA) is 200 Å². The molecule has 6 N–H and O–H groups in total. The molecule has 4 heterocycles. The number of imide groups is 2. The maximum atomic E-state index is 14.4. The molecule has 0 aliphatic carbocycles. The van der Waals surface area contributed by atoms with E-state index in [2.05, 4.69) is 55.3 Å². The molecule has 3 saturated heterocycles. The molecule has 1 aromatic heterocycles. The molecule has 4 aromatic rings. The molecule has 7 rings (SSSR count). The van der Waals surface area contributed by atoms with Crippen LogP contribution >= 0.6 is 0 Å². The van der Waals surface area contributed by atoms with Gasteiger partial charge in [-0.05, 0) is 83.5 Å². The van der Waals surface area contributed by atoms with Gasteiger partial charge in [0.2, 0.25) is 0 Å².